The summed E-state index contributed by atoms with van der Waals surface area (Å²) in [5.41, 5.74) is 4.34. The third kappa shape index (κ3) is 2.80. The number of hydrogen-bond acceptors (Lipinski definition) is 3. The van der Waals surface area contributed by atoms with Crippen LogP contribution in [0.4, 0.5) is 0 Å². The van der Waals surface area contributed by atoms with Gasteiger partial charge in [-0.25, -0.2) is 9.67 Å². The first-order valence-corrected chi connectivity index (χ1v) is 9.11. The van der Waals surface area contributed by atoms with Gasteiger partial charge in [-0.2, -0.15) is 10.4 Å². The van der Waals surface area contributed by atoms with E-state index in [9.17, 15) is 5.26 Å². The van der Waals surface area contributed by atoms with Gasteiger partial charge < -0.3 is 0 Å². The molecule has 0 aliphatic carbocycles. The fraction of sp³-hybridized carbons (Fsp3) is 0.0417. The molecule has 28 heavy (non-hydrogen) atoms. The predicted molar refractivity (Wildman–Crippen MR) is 111 cm³/mol. The summed E-state index contributed by atoms with van der Waals surface area (Å²) in [4.78, 5) is 4.53. The Hall–Kier alpha value is -3.97. The average molecular weight is 360 g/mol. The van der Waals surface area contributed by atoms with Gasteiger partial charge in [-0.05, 0) is 28.5 Å². The Balaban J connectivity index is 1.71. The highest BCUT2D eigenvalue weighted by Gasteiger charge is 2.15. The zero-order valence-corrected chi connectivity index (χ0v) is 15.1. The van der Waals surface area contributed by atoms with Crippen LogP contribution in [-0.2, 0) is 6.54 Å². The molecule has 0 spiro atoms. The van der Waals surface area contributed by atoms with Crippen molar-refractivity contribution in [3.05, 3.63) is 96.2 Å². The molecule has 0 aliphatic heterocycles. The van der Waals surface area contributed by atoms with E-state index in [1.165, 1.54) is 5.39 Å². The number of pyridine rings is 1. The number of hydrogen-bond donors (Lipinski definition) is 0. The van der Waals surface area contributed by atoms with Gasteiger partial charge in [-0.3, -0.25) is 0 Å². The van der Waals surface area contributed by atoms with E-state index in [4.69, 9.17) is 5.10 Å². The molecule has 0 fully saturated rings. The molecule has 0 amide bonds. The van der Waals surface area contributed by atoms with Crippen LogP contribution >= 0.6 is 0 Å². The highest BCUT2D eigenvalue weighted by molar-refractivity contribution is 5.95. The quantitative estimate of drug-likeness (QED) is 0.446. The van der Waals surface area contributed by atoms with Crippen molar-refractivity contribution in [3.63, 3.8) is 0 Å². The minimum atomic E-state index is 0.536. The lowest BCUT2D eigenvalue weighted by molar-refractivity contribution is 0.707. The SMILES string of the molecule is N#Cc1cnc2c(c1)c(-c1ccc3ccccc3c1)nn2Cc1ccccc1. The number of nitriles is 1. The molecule has 0 aliphatic rings. The van der Waals surface area contributed by atoms with Gasteiger partial charge in [0.2, 0.25) is 0 Å². The number of fused-ring (bicyclic) bond motifs is 2. The first kappa shape index (κ1) is 16.2. The highest BCUT2D eigenvalue weighted by atomic mass is 15.3. The Bertz CT molecular complexity index is 1340. The van der Waals surface area contributed by atoms with Crippen molar-refractivity contribution in [1.82, 2.24) is 14.8 Å². The second kappa shape index (κ2) is 6.64. The van der Waals surface area contributed by atoms with Crippen LogP contribution in [0.1, 0.15) is 11.1 Å². The monoisotopic (exact) mass is 360 g/mol. The molecule has 4 heteroatoms. The molecule has 0 saturated heterocycles. The average Bonchev–Trinajstić information content (AvgIpc) is 3.11. The van der Waals surface area contributed by atoms with Crippen LogP contribution in [0.2, 0.25) is 0 Å². The molecule has 5 aromatic rings. The van der Waals surface area contributed by atoms with Crippen molar-refractivity contribution in [2.24, 2.45) is 0 Å². The summed E-state index contributed by atoms with van der Waals surface area (Å²) in [6, 6.07) is 28.9. The fourth-order valence-corrected chi connectivity index (χ4v) is 3.54. The summed E-state index contributed by atoms with van der Waals surface area (Å²) in [5.74, 6) is 0. The third-order valence-corrected chi connectivity index (χ3v) is 4.91. The van der Waals surface area contributed by atoms with E-state index in [2.05, 4.69) is 53.5 Å². The van der Waals surface area contributed by atoms with Gasteiger partial charge in [0.15, 0.2) is 5.65 Å². The van der Waals surface area contributed by atoms with E-state index in [1.54, 1.807) is 6.20 Å². The molecule has 0 N–H and O–H groups in total. The second-order valence-electron chi connectivity index (χ2n) is 6.76. The van der Waals surface area contributed by atoms with Gasteiger partial charge in [-0.15, -0.1) is 0 Å². The van der Waals surface area contributed by atoms with Gasteiger partial charge >= 0.3 is 0 Å². The molecular formula is C24H16N4. The van der Waals surface area contributed by atoms with Gasteiger partial charge in [0.1, 0.15) is 11.8 Å². The van der Waals surface area contributed by atoms with Crippen LogP contribution in [0.5, 0.6) is 0 Å². The topological polar surface area (TPSA) is 54.5 Å². The summed E-state index contributed by atoms with van der Waals surface area (Å²) in [7, 11) is 0. The van der Waals surface area contributed by atoms with Crippen LogP contribution in [0.25, 0.3) is 33.1 Å². The largest absolute Gasteiger partial charge is 0.242 e. The molecule has 2 heterocycles. The number of rotatable bonds is 3. The molecule has 0 bridgehead atoms. The molecule has 4 nitrogen and oxygen atoms in total. The van der Waals surface area contributed by atoms with Crippen molar-refractivity contribution in [3.8, 4) is 17.3 Å². The molecular weight excluding hydrogens is 344 g/mol. The van der Waals surface area contributed by atoms with Gasteiger partial charge in [-0.1, -0.05) is 66.7 Å². The van der Waals surface area contributed by atoms with Crippen molar-refractivity contribution >= 4 is 21.8 Å². The van der Waals surface area contributed by atoms with E-state index < -0.39 is 0 Å². The first-order valence-electron chi connectivity index (χ1n) is 9.11. The Morgan fingerprint density at radius 1 is 0.857 bits per heavy atom. The summed E-state index contributed by atoms with van der Waals surface area (Å²) in [5, 5.41) is 17.5. The minimum Gasteiger partial charge on any atom is -0.242 e. The summed E-state index contributed by atoms with van der Waals surface area (Å²) in [6.07, 6.45) is 1.61. The highest BCUT2D eigenvalue weighted by Crippen LogP contribution is 2.30. The Morgan fingerprint density at radius 3 is 2.46 bits per heavy atom. The molecule has 3 aromatic carbocycles. The lowest BCUT2D eigenvalue weighted by Gasteiger charge is -2.03. The zero-order chi connectivity index (χ0) is 18.9. The molecule has 132 valence electrons. The van der Waals surface area contributed by atoms with Crippen molar-refractivity contribution in [1.29, 1.82) is 5.26 Å². The second-order valence-corrected chi connectivity index (χ2v) is 6.76. The number of benzene rings is 3. The van der Waals surface area contributed by atoms with Crippen LogP contribution in [-0.4, -0.2) is 14.8 Å². The zero-order valence-electron chi connectivity index (χ0n) is 15.1. The molecule has 0 atom stereocenters. The number of nitrogens with zero attached hydrogens (tertiary/aromatic N) is 4. The molecule has 2 aromatic heterocycles. The van der Waals surface area contributed by atoms with E-state index in [0.717, 1.165) is 33.2 Å². The van der Waals surface area contributed by atoms with Crippen molar-refractivity contribution in [2.75, 3.05) is 0 Å². The standard InChI is InChI=1S/C24H16N4/c25-14-18-12-22-23(21-11-10-19-8-4-5-9-20(19)13-21)27-28(24(22)26-15-18)16-17-6-2-1-3-7-17/h1-13,15H,16H2. The lowest BCUT2D eigenvalue weighted by Crippen LogP contribution is -2.02. The van der Waals surface area contributed by atoms with Crippen LogP contribution < -0.4 is 0 Å². The smallest absolute Gasteiger partial charge is 0.158 e. The summed E-state index contributed by atoms with van der Waals surface area (Å²) < 4.78 is 1.91. The van der Waals surface area contributed by atoms with Crippen molar-refractivity contribution in [2.45, 2.75) is 6.54 Å². The third-order valence-electron chi connectivity index (χ3n) is 4.91. The van der Waals surface area contributed by atoms with Gasteiger partial charge in [0, 0.05) is 17.1 Å². The summed E-state index contributed by atoms with van der Waals surface area (Å²) in [6.45, 7) is 0.629. The maximum Gasteiger partial charge on any atom is 0.158 e. The maximum atomic E-state index is 9.32. The van der Waals surface area contributed by atoms with Crippen LogP contribution in [0, 0.1) is 11.3 Å². The Labute approximate surface area is 162 Å². The van der Waals surface area contributed by atoms with Crippen molar-refractivity contribution < 1.29 is 0 Å². The Kier molecular flexibility index (Phi) is 3.85. The minimum absolute atomic E-state index is 0.536. The van der Waals surface area contributed by atoms with E-state index >= 15 is 0 Å². The van der Waals surface area contributed by atoms with E-state index in [0.29, 0.717) is 12.1 Å². The summed E-state index contributed by atoms with van der Waals surface area (Å²) >= 11 is 0. The maximum absolute atomic E-state index is 9.32. The Morgan fingerprint density at radius 2 is 1.64 bits per heavy atom. The predicted octanol–water partition coefficient (Wildman–Crippen LogP) is 5.17. The van der Waals surface area contributed by atoms with Gasteiger partial charge in [0.05, 0.1) is 12.1 Å². The van der Waals surface area contributed by atoms with E-state index in [1.807, 2.05) is 41.1 Å². The van der Waals surface area contributed by atoms with Crippen LogP contribution in [0.15, 0.2) is 85.1 Å². The first-order chi connectivity index (χ1) is 13.8. The molecule has 5 rings (SSSR count). The molecule has 0 radical (unpaired) electrons. The molecule has 0 unspecified atom stereocenters. The normalized spacial score (nSPS) is 11.0. The fourth-order valence-electron chi connectivity index (χ4n) is 3.54. The van der Waals surface area contributed by atoms with Gasteiger partial charge in [0.25, 0.3) is 0 Å². The lowest BCUT2D eigenvalue weighted by atomic mass is 10.0. The van der Waals surface area contributed by atoms with Crippen LogP contribution in [0.3, 0.4) is 0 Å². The number of aromatic nitrogens is 3. The molecule has 0 saturated carbocycles. The van der Waals surface area contributed by atoms with E-state index in [-0.39, 0.29) is 0 Å².